The topological polar surface area (TPSA) is 106 Å². The second-order valence-electron chi connectivity index (χ2n) is 5.47. The number of piperazine rings is 1. The number of rotatable bonds is 4. The highest BCUT2D eigenvalue weighted by atomic mass is 35.5. The van der Waals surface area contributed by atoms with Crippen LogP contribution < -0.4 is 9.80 Å². The van der Waals surface area contributed by atoms with Crippen molar-refractivity contribution in [3.05, 3.63) is 61.8 Å². The number of hydrogen-bond donors (Lipinski definition) is 0. The number of benzene rings is 1. The molecule has 3 rings (SSSR count). The van der Waals surface area contributed by atoms with Gasteiger partial charge in [-0.25, -0.2) is 4.98 Å². The molecule has 0 aliphatic carbocycles. The van der Waals surface area contributed by atoms with Crippen LogP contribution in [0.25, 0.3) is 0 Å². The van der Waals surface area contributed by atoms with Gasteiger partial charge in [-0.15, -0.1) is 0 Å². The Hall–Kier alpha value is -2.94. The zero-order chi connectivity index (χ0) is 18.0. The van der Waals surface area contributed by atoms with Gasteiger partial charge in [0, 0.05) is 49.5 Å². The van der Waals surface area contributed by atoms with Gasteiger partial charge in [-0.3, -0.25) is 20.2 Å². The molecule has 1 aliphatic heterocycles. The van der Waals surface area contributed by atoms with Crippen molar-refractivity contribution in [2.45, 2.75) is 0 Å². The molecule has 0 radical (unpaired) electrons. The maximum absolute atomic E-state index is 11.2. The summed E-state index contributed by atoms with van der Waals surface area (Å²) in [5.41, 5.74) is 0.391. The summed E-state index contributed by atoms with van der Waals surface area (Å²) in [5, 5.41) is 22.7. The summed E-state index contributed by atoms with van der Waals surface area (Å²) in [5.74, 6) is 0.317. The molecule has 25 heavy (non-hydrogen) atoms. The Morgan fingerprint density at radius 3 is 2.24 bits per heavy atom. The fourth-order valence-corrected chi connectivity index (χ4v) is 3.01. The van der Waals surface area contributed by atoms with E-state index in [4.69, 9.17) is 11.6 Å². The van der Waals surface area contributed by atoms with E-state index in [1.165, 1.54) is 24.4 Å². The van der Waals surface area contributed by atoms with Crippen molar-refractivity contribution >= 4 is 34.5 Å². The van der Waals surface area contributed by atoms with Crippen molar-refractivity contribution in [1.82, 2.24) is 4.98 Å². The third-order valence-electron chi connectivity index (χ3n) is 4.02. The lowest BCUT2D eigenvalue weighted by atomic mass is 10.2. The van der Waals surface area contributed by atoms with Gasteiger partial charge in [-0.1, -0.05) is 11.6 Å². The van der Waals surface area contributed by atoms with Crippen LogP contribution in [0.15, 0.2) is 36.5 Å². The molecule has 0 N–H and O–H groups in total. The van der Waals surface area contributed by atoms with E-state index in [2.05, 4.69) is 4.98 Å². The Morgan fingerprint density at radius 1 is 0.960 bits per heavy atom. The van der Waals surface area contributed by atoms with E-state index in [0.717, 1.165) is 0 Å². The molecular formula is C15H14ClN5O4. The Balaban J connectivity index is 1.79. The van der Waals surface area contributed by atoms with Crippen molar-refractivity contribution in [2.24, 2.45) is 0 Å². The first-order chi connectivity index (χ1) is 12.0. The van der Waals surface area contributed by atoms with Gasteiger partial charge in [0.1, 0.15) is 5.69 Å². The molecule has 1 saturated heterocycles. The van der Waals surface area contributed by atoms with Crippen molar-refractivity contribution < 1.29 is 9.85 Å². The molecule has 0 spiro atoms. The van der Waals surface area contributed by atoms with Crippen LogP contribution >= 0.6 is 11.6 Å². The third-order valence-corrected chi connectivity index (χ3v) is 4.25. The summed E-state index contributed by atoms with van der Waals surface area (Å²) in [4.78, 5) is 29.3. The number of nitrogens with zero attached hydrogens (tertiary/aromatic N) is 5. The van der Waals surface area contributed by atoms with Crippen LogP contribution in [0.2, 0.25) is 5.02 Å². The predicted octanol–water partition coefficient (Wildman–Crippen LogP) is 2.88. The molecule has 0 atom stereocenters. The van der Waals surface area contributed by atoms with Crippen LogP contribution in [0.3, 0.4) is 0 Å². The average molecular weight is 364 g/mol. The van der Waals surface area contributed by atoms with Gasteiger partial charge in [0.05, 0.1) is 9.85 Å². The second-order valence-corrected chi connectivity index (χ2v) is 5.90. The molecule has 0 unspecified atom stereocenters. The molecule has 0 bridgehead atoms. The molecule has 0 saturated carbocycles. The fourth-order valence-electron chi connectivity index (χ4n) is 2.84. The highest BCUT2D eigenvalue weighted by Gasteiger charge is 2.27. The normalized spacial score (nSPS) is 14.4. The van der Waals surface area contributed by atoms with E-state index in [9.17, 15) is 20.2 Å². The Kier molecular flexibility index (Phi) is 4.66. The van der Waals surface area contributed by atoms with Crippen LogP contribution in [0.4, 0.5) is 22.9 Å². The van der Waals surface area contributed by atoms with Gasteiger partial charge in [-0.2, -0.15) is 0 Å². The number of nitro groups is 2. The van der Waals surface area contributed by atoms with Crippen LogP contribution in [-0.2, 0) is 0 Å². The summed E-state index contributed by atoms with van der Waals surface area (Å²) in [7, 11) is 0. The SMILES string of the molecule is O=[N+]([O-])c1cc(Cl)ccc1N1CCN(c2ncccc2[N+](=O)[O-])CC1. The van der Waals surface area contributed by atoms with Crippen molar-refractivity contribution in [3.63, 3.8) is 0 Å². The Bertz CT molecular complexity index is 823. The van der Waals surface area contributed by atoms with Gasteiger partial charge in [0.25, 0.3) is 5.69 Å². The maximum atomic E-state index is 11.2. The number of pyridine rings is 1. The standard InChI is InChI=1S/C15H14ClN5O4/c16-11-3-4-12(14(10-11)21(24)25)18-6-8-19(9-7-18)15-13(20(22)23)2-1-5-17-15/h1-5,10H,6-9H2. The number of aromatic nitrogens is 1. The molecule has 1 aliphatic rings. The van der Waals surface area contributed by atoms with E-state index in [1.807, 2.05) is 9.80 Å². The minimum absolute atomic E-state index is 0.0478. The van der Waals surface area contributed by atoms with Gasteiger partial charge < -0.3 is 9.80 Å². The minimum Gasteiger partial charge on any atom is -0.362 e. The highest BCUT2D eigenvalue weighted by Crippen LogP contribution is 2.33. The summed E-state index contributed by atoms with van der Waals surface area (Å²) >= 11 is 5.85. The Labute approximate surface area is 147 Å². The number of hydrogen-bond acceptors (Lipinski definition) is 7. The van der Waals surface area contributed by atoms with Crippen molar-refractivity contribution in [3.8, 4) is 0 Å². The maximum Gasteiger partial charge on any atom is 0.311 e. The van der Waals surface area contributed by atoms with E-state index >= 15 is 0 Å². The molecule has 9 nitrogen and oxygen atoms in total. The first-order valence-corrected chi connectivity index (χ1v) is 7.88. The first kappa shape index (κ1) is 16.9. The third kappa shape index (κ3) is 3.45. The van der Waals surface area contributed by atoms with Crippen LogP contribution in [-0.4, -0.2) is 41.0 Å². The number of nitro benzene ring substituents is 1. The van der Waals surface area contributed by atoms with Gasteiger partial charge in [-0.05, 0) is 18.2 Å². The molecule has 0 amide bonds. The quantitative estimate of drug-likeness (QED) is 0.607. The van der Waals surface area contributed by atoms with Crippen molar-refractivity contribution in [2.75, 3.05) is 36.0 Å². The summed E-state index contributed by atoms with van der Waals surface area (Å²) in [6.07, 6.45) is 1.51. The smallest absolute Gasteiger partial charge is 0.311 e. The minimum atomic E-state index is -0.461. The zero-order valence-corrected chi connectivity index (χ0v) is 13.8. The van der Waals surface area contributed by atoms with Crippen LogP contribution in [0, 0.1) is 20.2 Å². The van der Waals surface area contributed by atoms with Crippen LogP contribution in [0.5, 0.6) is 0 Å². The summed E-state index contributed by atoms with van der Waals surface area (Å²) in [6.45, 7) is 1.90. The molecular weight excluding hydrogens is 350 g/mol. The average Bonchev–Trinajstić information content (AvgIpc) is 2.62. The largest absolute Gasteiger partial charge is 0.362 e. The van der Waals surface area contributed by atoms with E-state index < -0.39 is 9.85 Å². The molecule has 1 fully saturated rings. The molecule has 10 heteroatoms. The molecule has 2 aromatic rings. The molecule has 1 aromatic carbocycles. The molecule has 2 heterocycles. The Morgan fingerprint density at radius 2 is 1.60 bits per heavy atom. The van der Waals surface area contributed by atoms with Crippen LogP contribution in [0.1, 0.15) is 0 Å². The van der Waals surface area contributed by atoms with Crippen molar-refractivity contribution in [1.29, 1.82) is 0 Å². The van der Waals surface area contributed by atoms with E-state index in [0.29, 0.717) is 42.7 Å². The lowest BCUT2D eigenvalue weighted by molar-refractivity contribution is -0.384. The predicted molar refractivity (Wildman–Crippen MR) is 93.4 cm³/mol. The number of halogens is 1. The number of anilines is 2. The highest BCUT2D eigenvalue weighted by molar-refractivity contribution is 6.30. The van der Waals surface area contributed by atoms with E-state index in [1.54, 1.807) is 12.1 Å². The zero-order valence-electron chi connectivity index (χ0n) is 13.0. The lowest BCUT2D eigenvalue weighted by Gasteiger charge is -2.36. The molecule has 1 aromatic heterocycles. The first-order valence-electron chi connectivity index (χ1n) is 7.50. The fraction of sp³-hybridized carbons (Fsp3) is 0.267. The monoisotopic (exact) mass is 363 g/mol. The van der Waals surface area contributed by atoms with E-state index in [-0.39, 0.29) is 11.4 Å². The molecule has 130 valence electrons. The summed E-state index contributed by atoms with van der Waals surface area (Å²) in [6, 6.07) is 7.50. The summed E-state index contributed by atoms with van der Waals surface area (Å²) < 4.78 is 0. The lowest BCUT2D eigenvalue weighted by Crippen LogP contribution is -2.47. The second kappa shape index (κ2) is 6.89. The van der Waals surface area contributed by atoms with Gasteiger partial charge in [0.2, 0.25) is 5.82 Å². The van der Waals surface area contributed by atoms with Gasteiger partial charge in [0.15, 0.2) is 0 Å². The van der Waals surface area contributed by atoms with Gasteiger partial charge >= 0.3 is 5.69 Å².